The van der Waals surface area contributed by atoms with Gasteiger partial charge in [-0.1, -0.05) is 0 Å². The lowest BCUT2D eigenvalue weighted by Crippen LogP contribution is -2.56. The van der Waals surface area contributed by atoms with E-state index >= 15 is 0 Å². The third kappa shape index (κ3) is 2.35. The van der Waals surface area contributed by atoms with E-state index in [-0.39, 0.29) is 17.1 Å². The maximum atomic E-state index is 14.8. The Labute approximate surface area is 128 Å². The number of benzene rings is 1. The van der Waals surface area contributed by atoms with Crippen molar-refractivity contribution in [3.05, 3.63) is 29.6 Å². The number of nitrogens with two attached hydrogens (primary N) is 2. The number of hydrogen-bond donors (Lipinski definition) is 2. The summed E-state index contributed by atoms with van der Waals surface area (Å²) in [6.07, 6.45) is -1.14. The first-order valence-corrected chi connectivity index (χ1v) is 8.56. The predicted molar refractivity (Wildman–Crippen MR) is 82.5 cm³/mol. The van der Waals surface area contributed by atoms with Gasteiger partial charge in [0.2, 0.25) is 0 Å². The minimum Gasteiger partial charge on any atom is -0.399 e. The Morgan fingerprint density at radius 1 is 1.32 bits per heavy atom. The number of nitrogens with zero attached hydrogens (tertiary/aromatic N) is 1. The summed E-state index contributed by atoms with van der Waals surface area (Å²) >= 11 is 0. The van der Waals surface area contributed by atoms with Gasteiger partial charge in [0.05, 0.1) is 0 Å². The van der Waals surface area contributed by atoms with Crippen LogP contribution in [0.4, 0.5) is 14.5 Å². The van der Waals surface area contributed by atoms with Gasteiger partial charge in [-0.05, 0) is 32.0 Å². The molecule has 0 fully saturated rings. The second kappa shape index (κ2) is 4.91. The lowest BCUT2D eigenvalue weighted by molar-refractivity contribution is 0.171. The molecule has 1 aromatic rings. The van der Waals surface area contributed by atoms with Crippen LogP contribution in [0.15, 0.2) is 23.2 Å². The minimum absolute atomic E-state index is 0.0431. The number of alkyl halides is 1. The van der Waals surface area contributed by atoms with E-state index in [0.29, 0.717) is 0 Å². The van der Waals surface area contributed by atoms with Gasteiger partial charge in [-0.2, -0.15) is 0 Å². The fourth-order valence-corrected chi connectivity index (χ4v) is 3.46. The zero-order valence-corrected chi connectivity index (χ0v) is 13.4. The van der Waals surface area contributed by atoms with Gasteiger partial charge in [0.25, 0.3) is 0 Å². The number of hydrogen-bond acceptors (Lipinski definition) is 5. The smallest absolute Gasteiger partial charge is 0.160 e. The molecule has 5 nitrogen and oxygen atoms in total. The lowest BCUT2D eigenvalue weighted by atomic mass is 9.80. The molecule has 122 valence electrons. The standard InChI is InChI=1S/C14H19F2N3O2S/c1-13(22(3,20)21)7-11(16)14(2,19-12(13)18)9-6-8(17)4-5-10(9)15/h4-6,11H,7,17H2,1-3H3,(H2,18,19)/t11-,13?,14+/m0/s1. The summed E-state index contributed by atoms with van der Waals surface area (Å²) in [5, 5.41) is 0. The van der Waals surface area contributed by atoms with Crippen molar-refractivity contribution in [3.8, 4) is 0 Å². The number of aliphatic imine (C=N–C) groups is 1. The molecule has 1 aromatic carbocycles. The van der Waals surface area contributed by atoms with Crippen LogP contribution in [0.3, 0.4) is 0 Å². The topological polar surface area (TPSA) is 98.5 Å². The zero-order valence-electron chi connectivity index (χ0n) is 12.6. The number of nitrogen functional groups attached to an aromatic ring is 1. The molecular formula is C14H19F2N3O2S. The number of sulfone groups is 1. The highest BCUT2D eigenvalue weighted by Crippen LogP contribution is 2.43. The first-order chi connectivity index (χ1) is 9.92. The van der Waals surface area contributed by atoms with Crippen LogP contribution in [0.5, 0.6) is 0 Å². The van der Waals surface area contributed by atoms with Crippen molar-refractivity contribution in [1.82, 2.24) is 0 Å². The highest BCUT2D eigenvalue weighted by molar-refractivity contribution is 7.92. The second-order valence-electron chi connectivity index (χ2n) is 6.06. The summed E-state index contributed by atoms with van der Waals surface area (Å²) in [6, 6.07) is 3.77. The van der Waals surface area contributed by atoms with Crippen molar-refractivity contribution in [2.45, 2.75) is 36.7 Å². The summed E-state index contributed by atoms with van der Waals surface area (Å²) in [7, 11) is -3.67. The maximum Gasteiger partial charge on any atom is 0.160 e. The van der Waals surface area contributed by atoms with E-state index in [4.69, 9.17) is 11.5 Å². The number of rotatable bonds is 2. The SMILES string of the molecule is CC1(S(C)(=O)=O)C[C@H](F)[C@@](C)(c2cc(N)ccc2F)N=C1N. The van der Waals surface area contributed by atoms with Gasteiger partial charge in [0.1, 0.15) is 28.1 Å². The molecule has 0 aliphatic carbocycles. The van der Waals surface area contributed by atoms with Crippen molar-refractivity contribution in [3.63, 3.8) is 0 Å². The van der Waals surface area contributed by atoms with E-state index in [1.165, 1.54) is 26.0 Å². The van der Waals surface area contributed by atoms with Crippen molar-refractivity contribution in [2.75, 3.05) is 12.0 Å². The van der Waals surface area contributed by atoms with Gasteiger partial charge >= 0.3 is 0 Å². The third-order valence-electron chi connectivity index (χ3n) is 4.43. The monoisotopic (exact) mass is 331 g/mol. The van der Waals surface area contributed by atoms with E-state index in [2.05, 4.69) is 4.99 Å². The van der Waals surface area contributed by atoms with Gasteiger partial charge in [0.15, 0.2) is 9.84 Å². The number of amidine groups is 1. The molecule has 0 aromatic heterocycles. The molecule has 22 heavy (non-hydrogen) atoms. The molecule has 0 amide bonds. The number of halogens is 2. The van der Waals surface area contributed by atoms with Crippen LogP contribution in [-0.4, -0.2) is 31.4 Å². The molecule has 4 N–H and O–H groups in total. The highest BCUT2D eigenvalue weighted by atomic mass is 32.2. The van der Waals surface area contributed by atoms with Crippen LogP contribution in [0.25, 0.3) is 0 Å². The van der Waals surface area contributed by atoms with Gasteiger partial charge in [-0.3, -0.25) is 4.99 Å². The maximum absolute atomic E-state index is 14.8. The zero-order chi connectivity index (χ0) is 16.9. The molecule has 2 rings (SSSR count). The van der Waals surface area contributed by atoms with Crippen LogP contribution in [0, 0.1) is 5.82 Å². The average molecular weight is 331 g/mol. The lowest BCUT2D eigenvalue weighted by Gasteiger charge is -2.41. The summed E-state index contributed by atoms with van der Waals surface area (Å²) in [6.45, 7) is 2.70. The van der Waals surface area contributed by atoms with Crippen LogP contribution in [0.2, 0.25) is 0 Å². The van der Waals surface area contributed by atoms with Crippen molar-refractivity contribution in [1.29, 1.82) is 0 Å². The van der Waals surface area contributed by atoms with E-state index in [9.17, 15) is 17.2 Å². The predicted octanol–water partition coefficient (Wildman–Crippen LogP) is 1.53. The molecule has 1 aliphatic heterocycles. The molecule has 0 spiro atoms. The fraction of sp³-hybridized carbons (Fsp3) is 0.500. The van der Waals surface area contributed by atoms with E-state index in [0.717, 1.165) is 12.3 Å². The first-order valence-electron chi connectivity index (χ1n) is 6.67. The van der Waals surface area contributed by atoms with E-state index in [1.54, 1.807) is 0 Å². The van der Waals surface area contributed by atoms with Gasteiger partial charge in [0, 0.05) is 23.9 Å². The molecule has 0 radical (unpaired) electrons. The van der Waals surface area contributed by atoms with Crippen LogP contribution in [0.1, 0.15) is 25.8 Å². The van der Waals surface area contributed by atoms with Gasteiger partial charge in [-0.15, -0.1) is 0 Å². The van der Waals surface area contributed by atoms with Crippen LogP contribution < -0.4 is 11.5 Å². The molecular weight excluding hydrogens is 312 g/mol. The van der Waals surface area contributed by atoms with Gasteiger partial charge < -0.3 is 11.5 Å². The quantitative estimate of drug-likeness (QED) is 0.803. The van der Waals surface area contributed by atoms with Crippen molar-refractivity contribution >= 4 is 21.4 Å². The molecule has 0 saturated carbocycles. The Morgan fingerprint density at radius 2 is 1.91 bits per heavy atom. The second-order valence-corrected chi connectivity index (χ2v) is 8.50. The summed E-state index contributed by atoms with van der Waals surface area (Å²) in [5.74, 6) is -0.896. The Morgan fingerprint density at radius 3 is 2.45 bits per heavy atom. The van der Waals surface area contributed by atoms with Crippen LogP contribution in [-0.2, 0) is 15.4 Å². The summed E-state index contributed by atoms with van der Waals surface area (Å²) in [4.78, 5) is 4.03. The minimum atomic E-state index is -3.67. The van der Waals surface area contributed by atoms with Crippen molar-refractivity contribution < 1.29 is 17.2 Å². The summed E-state index contributed by atoms with van der Waals surface area (Å²) < 4.78 is 51.1. The molecule has 1 aliphatic rings. The van der Waals surface area contributed by atoms with E-state index in [1.807, 2.05) is 0 Å². The summed E-state index contributed by atoms with van der Waals surface area (Å²) in [5.41, 5.74) is 10.0. The Bertz CT molecular complexity index is 750. The number of anilines is 1. The fourth-order valence-electron chi connectivity index (χ4n) is 2.58. The Kier molecular flexibility index (Phi) is 3.72. The highest BCUT2D eigenvalue weighted by Gasteiger charge is 2.53. The molecule has 1 heterocycles. The molecule has 0 saturated heterocycles. The third-order valence-corrected chi connectivity index (χ3v) is 6.44. The molecule has 0 bridgehead atoms. The normalized spacial score (nSPS) is 32.6. The molecule has 3 atom stereocenters. The van der Waals surface area contributed by atoms with Crippen molar-refractivity contribution in [2.24, 2.45) is 10.7 Å². The van der Waals surface area contributed by atoms with Crippen LogP contribution >= 0.6 is 0 Å². The first kappa shape index (κ1) is 16.7. The van der Waals surface area contributed by atoms with E-state index < -0.39 is 38.5 Å². The molecule has 8 heteroatoms. The Hall–Kier alpha value is -1.70. The Balaban J connectivity index is 2.66. The largest absolute Gasteiger partial charge is 0.399 e. The molecule has 1 unspecified atom stereocenters. The average Bonchev–Trinajstić information content (AvgIpc) is 2.38. The van der Waals surface area contributed by atoms with Gasteiger partial charge in [-0.25, -0.2) is 17.2 Å².